The van der Waals surface area contributed by atoms with E-state index in [0.717, 1.165) is 68.7 Å². The molecule has 1 amide bonds. The number of benzene rings is 4. The summed E-state index contributed by atoms with van der Waals surface area (Å²) in [7, 11) is 3.24. The Balaban J connectivity index is 0.000000136. The number of para-hydroxylation sites is 2. The molecular formula is C36H34N4O5S2. The molecule has 2 fully saturated rings. The molecule has 4 aromatic carbocycles. The molecule has 0 aliphatic heterocycles. The summed E-state index contributed by atoms with van der Waals surface area (Å²) in [6, 6.07) is 30.9. The molecule has 0 saturated heterocycles. The van der Waals surface area contributed by atoms with Crippen molar-refractivity contribution in [3.05, 3.63) is 108 Å². The topological polar surface area (TPSA) is 137 Å². The second kappa shape index (κ2) is 13.4. The lowest BCUT2D eigenvalue weighted by Gasteiger charge is -2.15. The highest BCUT2D eigenvalue weighted by atomic mass is 32.1. The third kappa shape index (κ3) is 6.91. The zero-order chi connectivity index (χ0) is 33.0. The van der Waals surface area contributed by atoms with E-state index in [-0.39, 0.29) is 5.91 Å². The number of aliphatic carboxylic acids is 1. The Labute approximate surface area is 280 Å². The Morgan fingerprint density at radius 1 is 0.702 bits per heavy atom. The third-order valence-corrected chi connectivity index (χ3v) is 10.3. The van der Waals surface area contributed by atoms with Crippen molar-refractivity contribution in [2.75, 3.05) is 25.3 Å². The van der Waals surface area contributed by atoms with Crippen molar-refractivity contribution in [3.63, 3.8) is 0 Å². The average molecular weight is 667 g/mol. The number of nitrogens with two attached hydrogens (primary N) is 1. The van der Waals surface area contributed by atoms with E-state index >= 15 is 0 Å². The monoisotopic (exact) mass is 666 g/mol. The van der Waals surface area contributed by atoms with Crippen LogP contribution >= 0.6 is 22.7 Å². The highest BCUT2D eigenvalue weighted by Crippen LogP contribution is 2.50. The van der Waals surface area contributed by atoms with E-state index in [9.17, 15) is 9.59 Å². The lowest BCUT2D eigenvalue weighted by Crippen LogP contribution is -2.27. The van der Waals surface area contributed by atoms with E-state index in [0.29, 0.717) is 10.3 Å². The molecule has 0 spiro atoms. The number of nitrogen functional groups attached to an aromatic ring is 1. The lowest BCUT2D eigenvalue weighted by atomic mass is 9.95. The quantitative estimate of drug-likeness (QED) is 0.158. The zero-order valence-electron chi connectivity index (χ0n) is 25.9. The van der Waals surface area contributed by atoms with Crippen LogP contribution in [0.1, 0.15) is 36.8 Å². The number of aromatic nitrogens is 2. The molecule has 0 radical (unpaired) electrons. The Bertz CT molecular complexity index is 1950. The van der Waals surface area contributed by atoms with Crippen molar-refractivity contribution in [2.45, 2.75) is 36.5 Å². The maximum absolute atomic E-state index is 12.8. The molecule has 47 heavy (non-hydrogen) atoms. The molecule has 6 aromatic rings. The van der Waals surface area contributed by atoms with Crippen LogP contribution in [-0.4, -0.2) is 41.2 Å². The van der Waals surface area contributed by atoms with Gasteiger partial charge in [-0.3, -0.25) is 9.59 Å². The number of hydrogen-bond donors (Lipinski definition) is 3. The summed E-state index contributed by atoms with van der Waals surface area (Å²) in [5, 5.41) is 13.4. The number of nitrogens with zero attached hydrogens (tertiary/aromatic N) is 2. The highest BCUT2D eigenvalue weighted by Gasteiger charge is 2.52. The molecule has 2 saturated carbocycles. The maximum atomic E-state index is 12.8. The number of rotatable bonds is 7. The molecule has 11 heteroatoms. The number of methoxy groups -OCH3 is 2. The first-order chi connectivity index (χ1) is 22.8. The van der Waals surface area contributed by atoms with Gasteiger partial charge in [-0.25, -0.2) is 9.97 Å². The molecule has 0 unspecified atom stereocenters. The summed E-state index contributed by atoms with van der Waals surface area (Å²) >= 11 is 3.03. The Kier molecular flexibility index (Phi) is 9.10. The van der Waals surface area contributed by atoms with Crippen molar-refractivity contribution >= 4 is 65.2 Å². The largest absolute Gasteiger partial charge is 0.497 e. The fourth-order valence-corrected chi connectivity index (χ4v) is 6.97. The standard InChI is InChI=1S/C18H16N2O2S.C11H12O3.C7H6N2S/c1-22-13-8-6-12(7-9-13)18(10-11-18)16(21)20-17-19-14-4-2-3-5-15(14)23-17;1-14-9-4-2-8(3-5-9)11(6-7-11)10(12)13;8-7-9-5-3-1-2-4-6(5)10-7/h2-9H,10-11H2,1H3,(H,19,20,21);2-5H,6-7H2,1H3,(H,12,13);1-4H,(H2,8,9). The van der Waals surface area contributed by atoms with Crippen molar-refractivity contribution in [2.24, 2.45) is 0 Å². The number of carbonyl (C=O) groups excluding carboxylic acids is 1. The van der Waals surface area contributed by atoms with Crippen molar-refractivity contribution in [1.29, 1.82) is 0 Å². The minimum atomic E-state index is -0.720. The van der Waals surface area contributed by atoms with E-state index in [1.54, 1.807) is 26.4 Å². The van der Waals surface area contributed by atoms with E-state index < -0.39 is 16.8 Å². The summed E-state index contributed by atoms with van der Waals surface area (Å²) in [5.74, 6) is 0.871. The summed E-state index contributed by atoms with van der Waals surface area (Å²) in [6.45, 7) is 0. The van der Waals surface area contributed by atoms with Gasteiger partial charge in [0.25, 0.3) is 0 Å². The second-order valence-electron chi connectivity index (χ2n) is 11.4. The zero-order valence-corrected chi connectivity index (χ0v) is 27.6. The summed E-state index contributed by atoms with van der Waals surface area (Å²) in [6.07, 6.45) is 3.23. The fourth-order valence-electron chi connectivity index (χ4n) is 5.38. The second-order valence-corrected chi connectivity index (χ2v) is 13.5. The molecule has 2 aliphatic carbocycles. The van der Waals surface area contributed by atoms with Gasteiger partial charge in [0.2, 0.25) is 5.91 Å². The molecule has 2 heterocycles. The van der Waals surface area contributed by atoms with Crippen molar-refractivity contribution in [3.8, 4) is 11.5 Å². The number of carbonyl (C=O) groups is 2. The number of hydrogen-bond acceptors (Lipinski definition) is 9. The van der Waals surface area contributed by atoms with Gasteiger partial charge in [-0.05, 0) is 85.3 Å². The molecule has 8 rings (SSSR count). The van der Waals surface area contributed by atoms with Crippen molar-refractivity contribution < 1.29 is 24.2 Å². The molecule has 2 aromatic heterocycles. The van der Waals surface area contributed by atoms with E-state index in [2.05, 4.69) is 15.3 Å². The molecule has 0 bridgehead atoms. The first kappa shape index (κ1) is 32.0. The predicted molar refractivity (Wildman–Crippen MR) is 188 cm³/mol. The van der Waals surface area contributed by atoms with Crippen LogP contribution in [0.5, 0.6) is 11.5 Å². The van der Waals surface area contributed by atoms with Crippen LogP contribution < -0.4 is 20.5 Å². The van der Waals surface area contributed by atoms with Gasteiger partial charge in [0.05, 0.1) is 45.5 Å². The van der Waals surface area contributed by atoms with E-state index in [1.165, 1.54) is 22.7 Å². The summed E-state index contributed by atoms with van der Waals surface area (Å²) in [5.41, 5.74) is 8.31. The Morgan fingerprint density at radius 2 is 1.17 bits per heavy atom. The minimum absolute atomic E-state index is 0.0294. The van der Waals surface area contributed by atoms with Gasteiger partial charge in [0.15, 0.2) is 10.3 Å². The third-order valence-electron chi connectivity index (χ3n) is 8.45. The fraction of sp³-hybridized carbons (Fsp3) is 0.222. The number of carboxylic acid groups (broad SMARTS) is 1. The van der Waals surface area contributed by atoms with Crippen molar-refractivity contribution in [1.82, 2.24) is 9.97 Å². The first-order valence-corrected chi connectivity index (χ1v) is 16.7. The Morgan fingerprint density at radius 3 is 1.62 bits per heavy atom. The average Bonchev–Trinajstić information content (AvgIpc) is 4.01. The SMILES string of the molecule is COc1ccc(C2(C(=O)Nc3nc4ccccc4s3)CC2)cc1.COc1ccc(C2(C(=O)O)CC2)cc1.Nc1nc2ccccc2s1. The number of amides is 1. The van der Waals surface area contributed by atoms with Gasteiger partial charge in [0.1, 0.15) is 11.5 Å². The number of carboxylic acids is 1. The van der Waals surface area contributed by atoms with Gasteiger partial charge in [-0.15, -0.1) is 0 Å². The minimum Gasteiger partial charge on any atom is -0.497 e. The molecule has 2 aliphatic rings. The van der Waals surface area contributed by atoms with Gasteiger partial charge in [0, 0.05) is 0 Å². The molecule has 4 N–H and O–H groups in total. The van der Waals surface area contributed by atoms with Crippen LogP contribution in [-0.2, 0) is 20.4 Å². The van der Waals surface area contributed by atoms with Crippen LogP contribution in [0.4, 0.5) is 10.3 Å². The van der Waals surface area contributed by atoms with Crippen LogP contribution in [0, 0.1) is 0 Å². The van der Waals surface area contributed by atoms with Gasteiger partial charge in [-0.2, -0.15) is 0 Å². The number of fused-ring (bicyclic) bond motifs is 2. The summed E-state index contributed by atoms with van der Waals surface area (Å²) < 4.78 is 12.4. The number of thiazole rings is 2. The van der Waals surface area contributed by atoms with Gasteiger partial charge >= 0.3 is 5.97 Å². The summed E-state index contributed by atoms with van der Waals surface area (Å²) in [4.78, 5) is 32.4. The van der Waals surface area contributed by atoms with E-state index in [4.69, 9.17) is 20.3 Å². The van der Waals surface area contributed by atoms with Gasteiger partial charge in [-0.1, -0.05) is 71.2 Å². The van der Waals surface area contributed by atoms with Crippen LogP contribution in [0.3, 0.4) is 0 Å². The predicted octanol–water partition coefficient (Wildman–Crippen LogP) is 7.67. The molecule has 9 nitrogen and oxygen atoms in total. The van der Waals surface area contributed by atoms with Crippen LogP contribution in [0.25, 0.3) is 20.4 Å². The van der Waals surface area contributed by atoms with E-state index in [1.807, 2.05) is 84.9 Å². The van der Waals surface area contributed by atoms with Gasteiger partial charge < -0.3 is 25.6 Å². The Hall–Kier alpha value is -5.00. The van der Waals surface area contributed by atoms with Crippen LogP contribution in [0.15, 0.2) is 97.1 Å². The van der Waals surface area contributed by atoms with Crippen LogP contribution in [0.2, 0.25) is 0 Å². The molecule has 0 atom stereocenters. The number of nitrogens with one attached hydrogen (secondary N) is 1. The number of ether oxygens (including phenoxy) is 2. The highest BCUT2D eigenvalue weighted by molar-refractivity contribution is 7.22. The molecular weight excluding hydrogens is 633 g/mol. The normalized spacial score (nSPS) is 14.9. The smallest absolute Gasteiger partial charge is 0.314 e. The maximum Gasteiger partial charge on any atom is 0.314 e. The number of anilines is 2. The lowest BCUT2D eigenvalue weighted by molar-refractivity contribution is -0.140. The molecule has 240 valence electrons. The first-order valence-electron chi connectivity index (χ1n) is 15.1.